The van der Waals surface area contributed by atoms with Gasteiger partial charge in [0, 0.05) is 4.83 Å². The molecule has 8 atom stereocenters. The summed E-state index contributed by atoms with van der Waals surface area (Å²) < 4.78 is 6.03. The van der Waals surface area contributed by atoms with E-state index in [0.717, 1.165) is 0 Å². The lowest BCUT2D eigenvalue weighted by atomic mass is 9.72. The molecule has 1 heterocycles. The minimum atomic E-state index is -0.228. The van der Waals surface area contributed by atoms with Crippen molar-refractivity contribution in [1.82, 2.24) is 0 Å². The van der Waals surface area contributed by atoms with Gasteiger partial charge in [-0.15, -0.1) is 0 Å². The maximum atomic E-state index is 9.99. The summed E-state index contributed by atoms with van der Waals surface area (Å²) >= 11 is 3.75. The molecule has 0 amide bonds. The van der Waals surface area contributed by atoms with Crippen molar-refractivity contribution in [3.05, 3.63) is 12.2 Å². The van der Waals surface area contributed by atoms with Crippen LogP contribution < -0.4 is 0 Å². The van der Waals surface area contributed by atoms with E-state index < -0.39 is 0 Å². The van der Waals surface area contributed by atoms with E-state index in [9.17, 15) is 5.11 Å². The average Bonchev–Trinajstić information content (AvgIpc) is 2.75. The second-order valence-corrected chi connectivity index (χ2v) is 6.16. The van der Waals surface area contributed by atoms with Gasteiger partial charge in [0.15, 0.2) is 0 Å². The topological polar surface area (TPSA) is 29.5 Å². The first-order chi connectivity index (χ1) is 6.77. The van der Waals surface area contributed by atoms with Crippen LogP contribution in [0.3, 0.4) is 0 Å². The molecular weight excluding hydrogens is 244 g/mol. The van der Waals surface area contributed by atoms with Crippen molar-refractivity contribution < 1.29 is 9.84 Å². The minimum Gasteiger partial charge on any atom is -0.389 e. The van der Waals surface area contributed by atoms with E-state index in [1.165, 1.54) is 6.42 Å². The minimum absolute atomic E-state index is 0.228. The van der Waals surface area contributed by atoms with Gasteiger partial charge in [0.1, 0.15) is 0 Å². The number of halogens is 1. The summed E-state index contributed by atoms with van der Waals surface area (Å²) in [6.07, 6.45) is 5.76. The zero-order valence-corrected chi connectivity index (χ0v) is 9.30. The lowest BCUT2D eigenvalue weighted by molar-refractivity contribution is 0.0522. The van der Waals surface area contributed by atoms with E-state index in [4.69, 9.17) is 4.74 Å². The molecule has 2 nitrogen and oxygen atoms in total. The van der Waals surface area contributed by atoms with Crippen molar-refractivity contribution in [2.75, 3.05) is 0 Å². The number of fused-ring (bicyclic) bond motifs is 2. The summed E-state index contributed by atoms with van der Waals surface area (Å²) in [7, 11) is 0. The number of aliphatic hydroxyl groups is 1. The Hall–Kier alpha value is 0.140. The summed E-state index contributed by atoms with van der Waals surface area (Å²) in [5, 5.41) is 9.99. The third-order valence-corrected chi connectivity index (χ3v) is 5.91. The monoisotopic (exact) mass is 256 g/mol. The van der Waals surface area contributed by atoms with E-state index in [1.807, 2.05) is 6.08 Å². The van der Waals surface area contributed by atoms with Gasteiger partial charge in [0.05, 0.1) is 18.3 Å². The maximum Gasteiger partial charge on any atom is 0.0796 e. The smallest absolute Gasteiger partial charge is 0.0796 e. The molecule has 0 radical (unpaired) electrons. The van der Waals surface area contributed by atoms with Gasteiger partial charge in [-0.25, -0.2) is 0 Å². The van der Waals surface area contributed by atoms with Crippen LogP contribution in [0.25, 0.3) is 0 Å². The summed E-state index contributed by atoms with van der Waals surface area (Å²) in [5.74, 6) is 2.41. The van der Waals surface area contributed by atoms with Crippen molar-refractivity contribution in [2.45, 2.75) is 29.6 Å². The van der Waals surface area contributed by atoms with Crippen molar-refractivity contribution in [1.29, 1.82) is 0 Å². The highest BCUT2D eigenvalue weighted by Crippen LogP contribution is 2.63. The Labute approximate surface area is 91.5 Å². The molecule has 14 heavy (non-hydrogen) atoms. The quantitative estimate of drug-likeness (QED) is 0.524. The average molecular weight is 257 g/mol. The Balaban J connectivity index is 1.86. The fourth-order valence-electron chi connectivity index (χ4n) is 4.29. The van der Waals surface area contributed by atoms with Gasteiger partial charge in [-0.1, -0.05) is 28.1 Å². The van der Waals surface area contributed by atoms with E-state index >= 15 is 0 Å². The van der Waals surface area contributed by atoms with Gasteiger partial charge in [0.25, 0.3) is 0 Å². The summed E-state index contributed by atoms with van der Waals surface area (Å²) in [6, 6.07) is 0. The van der Waals surface area contributed by atoms with Crippen molar-refractivity contribution in [3.8, 4) is 0 Å². The van der Waals surface area contributed by atoms with Gasteiger partial charge >= 0.3 is 0 Å². The molecule has 3 aliphatic carbocycles. The molecule has 0 aromatic heterocycles. The highest BCUT2D eigenvalue weighted by atomic mass is 79.9. The highest BCUT2D eigenvalue weighted by molar-refractivity contribution is 9.09. The fourth-order valence-corrected chi connectivity index (χ4v) is 5.38. The van der Waals surface area contributed by atoms with E-state index in [0.29, 0.717) is 40.7 Å². The van der Waals surface area contributed by atoms with Gasteiger partial charge < -0.3 is 9.84 Å². The van der Waals surface area contributed by atoms with Crippen LogP contribution in [-0.2, 0) is 4.74 Å². The van der Waals surface area contributed by atoms with Gasteiger partial charge in [-0.05, 0) is 30.1 Å². The summed E-state index contributed by atoms with van der Waals surface area (Å²) in [5.41, 5.74) is 0. The molecular formula is C11H13BrO2. The van der Waals surface area contributed by atoms with Crippen LogP contribution in [0.2, 0.25) is 0 Å². The van der Waals surface area contributed by atoms with E-state index in [-0.39, 0.29) is 6.10 Å². The largest absolute Gasteiger partial charge is 0.389 e. The molecule has 0 aromatic carbocycles. The maximum absolute atomic E-state index is 9.99. The Kier molecular flexibility index (Phi) is 1.45. The normalized spacial score (nSPS) is 67.9. The molecule has 2 saturated carbocycles. The van der Waals surface area contributed by atoms with E-state index in [2.05, 4.69) is 22.0 Å². The predicted molar refractivity (Wildman–Crippen MR) is 55.1 cm³/mol. The fraction of sp³-hybridized carbons (Fsp3) is 0.818. The van der Waals surface area contributed by atoms with Crippen LogP contribution in [-0.4, -0.2) is 28.2 Å². The van der Waals surface area contributed by atoms with Crippen molar-refractivity contribution in [3.63, 3.8) is 0 Å². The van der Waals surface area contributed by atoms with Crippen LogP contribution in [0.5, 0.6) is 0 Å². The van der Waals surface area contributed by atoms with Crippen molar-refractivity contribution in [2.24, 2.45) is 23.7 Å². The molecule has 4 aliphatic rings. The molecule has 0 aromatic rings. The predicted octanol–water partition coefficient (Wildman–Crippen LogP) is 1.33. The Morgan fingerprint density at radius 1 is 1.21 bits per heavy atom. The number of rotatable bonds is 0. The molecule has 4 rings (SSSR count). The van der Waals surface area contributed by atoms with Crippen LogP contribution in [0, 0.1) is 23.7 Å². The van der Waals surface area contributed by atoms with Gasteiger partial charge in [0.2, 0.25) is 0 Å². The van der Waals surface area contributed by atoms with Crippen LogP contribution >= 0.6 is 15.9 Å². The molecule has 1 N–H and O–H groups in total. The number of aliphatic hydroxyl groups excluding tert-OH is 1. The Morgan fingerprint density at radius 3 is 2.93 bits per heavy atom. The first-order valence-electron chi connectivity index (χ1n) is 5.43. The standard InChI is InChI=1S/C11H13BrO2/c12-10-4-3-5-9-7(14-11(5)10)2-1-6(13)8(4)9/h1-2,4-11,13H,3H2/t4-,5+,6+,7-,8+,9-,10-,11-/m0/s1. The second kappa shape index (κ2) is 2.45. The SMILES string of the molecule is O[C@@H]1C=C[C@@H]2O[C@@H]3[C@@H](Br)[C@H]4C[C@@H]3[C@@H]2[C@H]41. The highest BCUT2D eigenvalue weighted by Gasteiger charge is 2.66. The molecule has 3 heteroatoms. The van der Waals surface area contributed by atoms with Crippen molar-refractivity contribution >= 4 is 15.9 Å². The zero-order chi connectivity index (χ0) is 9.45. The van der Waals surface area contributed by atoms with Crippen LogP contribution in [0.1, 0.15) is 6.42 Å². The number of hydrogen-bond donors (Lipinski definition) is 1. The van der Waals surface area contributed by atoms with E-state index in [1.54, 1.807) is 0 Å². The third-order valence-electron chi connectivity index (χ3n) is 4.71. The molecule has 1 aliphatic heterocycles. The molecule has 76 valence electrons. The van der Waals surface area contributed by atoms with Gasteiger partial charge in [-0.3, -0.25) is 0 Å². The first-order valence-corrected chi connectivity index (χ1v) is 6.35. The lowest BCUT2D eigenvalue weighted by Gasteiger charge is -2.35. The summed E-state index contributed by atoms with van der Waals surface area (Å²) in [4.78, 5) is 0.480. The molecule has 2 bridgehead atoms. The van der Waals surface area contributed by atoms with Gasteiger partial charge in [-0.2, -0.15) is 0 Å². The first kappa shape index (κ1) is 8.31. The molecule has 1 saturated heterocycles. The second-order valence-electron chi connectivity index (χ2n) is 5.10. The number of alkyl halides is 1. The Morgan fingerprint density at radius 2 is 2.07 bits per heavy atom. The van der Waals surface area contributed by atoms with Crippen LogP contribution in [0.4, 0.5) is 0 Å². The number of hydrogen-bond acceptors (Lipinski definition) is 2. The lowest BCUT2D eigenvalue weighted by Crippen LogP contribution is -2.41. The summed E-state index contributed by atoms with van der Waals surface area (Å²) in [6.45, 7) is 0. The molecule has 0 unspecified atom stereocenters. The molecule has 0 spiro atoms. The Bertz CT molecular complexity index is 316. The zero-order valence-electron chi connectivity index (χ0n) is 7.71. The molecule has 3 fully saturated rings. The number of ether oxygens (including phenoxy) is 1. The third kappa shape index (κ3) is 0.739. The van der Waals surface area contributed by atoms with Crippen LogP contribution in [0.15, 0.2) is 12.2 Å².